The lowest BCUT2D eigenvalue weighted by molar-refractivity contribution is 0.0699. The lowest BCUT2D eigenvalue weighted by Gasteiger charge is -2.12. The molecule has 0 radical (unpaired) electrons. The first-order valence-electron chi connectivity index (χ1n) is 10.0. The molecule has 3 aromatic carbocycles. The summed E-state index contributed by atoms with van der Waals surface area (Å²) in [6.07, 6.45) is 3.60. The Labute approximate surface area is 200 Å². The van der Waals surface area contributed by atoms with E-state index in [1.165, 1.54) is 0 Å². The molecule has 0 aliphatic rings. The fourth-order valence-corrected chi connectivity index (χ4v) is 3.80. The predicted octanol–water partition coefficient (Wildman–Crippen LogP) is 7.00. The number of carboxylic acid groups (broad SMARTS) is 1. The number of nitrogens with zero attached hydrogens (tertiary/aromatic N) is 1. The molecule has 0 spiro atoms. The van der Waals surface area contributed by atoms with Crippen molar-refractivity contribution in [1.29, 1.82) is 0 Å². The average molecular weight is 480 g/mol. The van der Waals surface area contributed by atoms with E-state index in [0.717, 1.165) is 11.1 Å². The summed E-state index contributed by atoms with van der Waals surface area (Å²) in [6.45, 7) is 0.264. The highest BCUT2D eigenvalue weighted by atomic mass is 35.5. The molecule has 4 aromatic rings. The van der Waals surface area contributed by atoms with E-state index in [2.05, 4.69) is 4.98 Å². The minimum atomic E-state index is -0.993. The molecule has 0 saturated heterocycles. The third kappa shape index (κ3) is 5.28. The summed E-state index contributed by atoms with van der Waals surface area (Å²) in [4.78, 5) is 16.2. The number of ether oxygens (including phenoxy) is 2. The van der Waals surface area contributed by atoms with Gasteiger partial charge in [-0.1, -0.05) is 59.6 Å². The summed E-state index contributed by atoms with van der Waals surface area (Å²) < 4.78 is 11.4. The molecular formula is C26H19Cl2NO4. The van der Waals surface area contributed by atoms with Crippen molar-refractivity contribution in [3.05, 3.63) is 99.2 Å². The van der Waals surface area contributed by atoms with Crippen LogP contribution in [0.3, 0.4) is 0 Å². The van der Waals surface area contributed by atoms with Crippen LogP contribution in [0.5, 0.6) is 11.5 Å². The van der Waals surface area contributed by atoms with Crippen molar-refractivity contribution in [2.75, 3.05) is 7.11 Å². The van der Waals surface area contributed by atoms with Gasteiger partial charge < -0.3 is 14.6 Å². The number of rotatable bonds is 7. The van der Waals surface area contributed by atoms with Crippen molar-refractivity contribution in [2.24, 2.45) is 0 Å². The van der Waals surface area contributed by atoms with E-state index in [-0.39, 0.29) is 12.2 Å². The van der Waals surface area contributed by atoms with Gasteiger partial charge in [-0.3, -0.25) is 0 Å². The standard InChI is InChI=1S/C26H19Cl2NO4/c1-32-25-12-16(7-11-24(25)33-15-17-8-9-18(27)13-22(17)28)6-10-19-14-21(26(30)31)20-4-2-3-5-23(20)29-19/h2-14H,15H2,1H3,(H,30,31). The van der Waals surface area contributed by atoms with Gasteiger partial charge in [0.25, 0.3) is 0 Å². The zero-order valence-electron chi connectivity index (χ0n) is 17.6. The summed E-state index contributed by atoms with van der Waals surface area (Å²) in [6, 6.07) is 19.5. The van der Waals surface area contributed by atoms with Gasteiger partial charge in [0.1, 0.15) is 6.61 Å². The minimum absolute atomic E-state index is 0.211. The highest BCUT2D eigenvalue weighted by Crippen LogP contribution is 2.31. The molecule has 0 atom stereocenters. The van der Waals surface area contributed by atoms with Crippen LogP contribution in [0.1, 0.15) is 27.2 Å². The summed E-state index contributed by atoms with van der Waals surface area (Å²) >= 11 is 12.2. The summed E-state index contributed by atoms with van der Waals surface area (Å²) in [5.41, 5.74) is 3.03. The fraction of sp³-hybridized carbons (Fsp3) is 0.0769. The maximum Gasteiger partial charge on any atom is 0.336 e. The van der Waals surface area contributed by atoms with Crippen LogP contribution in [0.25, 0.3) is 23.1 Å². The molecule has 0 saturated carbocycles. The van der Waals surface area contributed by atoms with E-state index in [1.54, 1.807) is 55.7 Å². The van der Waals surface area contributed by atoms with Crippen LogP contribution < -0.4 is 9.47 Å². The number of aromatic carboxylic acids is 1. The van der Waals surface area contributed by atoms with Gasteiger partial charge in [-0.05, 0) is 48.0 Å². The number of pyridine rings is 1. The molecule has 0 bridgehead atoms. The van der Waals surface area contributed by atoms with Gasteiger partial charge in [0.05, 0.1) is 23.9 Å². The van der Waals surface area contributed by atoms with Crippen molar-refractivity contribution in [2.45, 2.75) is 6.61 Å². The molecular weight excluding hydrogens is 461 g/mol. The van der Waals surface area contributed by atoms with E-state index >= 15 is 0 Å². The number of carboxylic acids is 1. The quantitative estimate of drug-likeness (QED) is 0.309. The second-order valence-electron chi connectivity index (χ2n) is 7.19. The number of aromatic nitrogens is 1. The van der Waals surface area contributed by atoms with E-state index in [1.807, 2.05) is 30.3 Å². The Bertz CT molecular complexity index is 1370. The smallest absolute Gasteiger partial charge is 0.336 e. The molecule has 1 heterocycles. The van der Waals surface area contributed by atoms with E-state index in [4.69, 9.17) is 32.7 Å². The number of hydrogen-bond acceptors (Lipinski definition) is 4. The molecule has 0 aliphatic heterocycles. The zero-order valence-corrected chi connectivity index (χ0v) is 19.1. The molecule has 0 aliphatic carbocycles. The predicted molar refractivity (Wildman–Crippen MR) is 131 cm³/mol. The van der Waals surface area contributed by atoms with E-state index in [0.29, 0.717) is 38.1 Å². The second-order valence-corrected chi connectivity index (χ2v) is 8.03. The number of carbonyl (C=O) groups is 1. The van der Waals surface area contributed by atoms with Gasteiger partial charge in [-0.25, -0.2) is 9.78 Å². The van der Waals surface area contributed by atoms with Crippen molar-refractivity contribution < 1.29 is 19.4 Å². The summed E-state index contributed by atoms with van der Waals surface area (Å²) in [5, 5.41) is 11.3. The molecule has 0 amide bonds. The first kappa shape index (κ1) is 22.6. The van der Waals surface area contributed by atoms with Crippen molar-refractivity contribution in [3.8, 4) is 11.5 Å². The number of para-hydroxylation sites is 1. The third-order valence-corrected chi connectivity index (χ3v) is 5.59. The number of fused-ring (bicyclic) bond motifs is 1. The highest BCUT2D eigenvalue weighted by molar-refractivity contribution is 6.35. The monoisotopic (exact) mass is 479 g/mol. The SMILES string of the molecule is COc1cc(C=Cc2cc(C(=O)O)c3ccccc3n2)ccc1OCc1ccc(Cl)cc1Cl. The van der Waals surface area contributed by atoms with E-state index in [9.17, 15) is 9.90 Å². The van der Waals surface area contributed by atoms with Gasteiger partial charge in [0, 0.05) is 21.0 Å². The number of halogens is 2. The van der Waals surface area contributed by atoms with Crippen LogP contribution in [-0.2, 0) is 6.61 Å². The maximum atomic E-state index is 11.7. The molecule has 33 heavy (non-hydrogen) atoms. The van der Waals surface area contributed by atoms with Gasteiger partial charge in [-0.15, -0.1) is 0 Å². The zero-order chi connectivity index (χ0) is 23.4. The lowest BCUT2D eigenvalue weighted by Crippen LogP contribution is -2.00. The molecule has 1 aromatic heterocycles. The second kappa shape index (κ2) is 9.94. The molecule has 0 unspecified atom stereocenters. The lowest BCUT2D eigenvalue weighted by atomic mass is 10.1. The van der Waals surface area contributed by atoms with Gasteiger partial charge in [-0.2, -0.15) is 0 Å². The van der Waals surface area contributed by atoms with Gasteiger partial charge >= 0.3 is 5.97 Å². The first-order valence-corrected chi connectivity index (χ1v) is 10.8. The van der Waals surface area contributed by atoms with Crippen LogP contribution in [0, 0.1) is 0 Å². The Balaban J connectivity index is 1.56. The minimum Gasteiger partial charge on any atom is -0.493 e. The van der Waals surface area contributed by atoms with Crippen LogP contribution >= 0.6 is 23.2 Å². The molecule has 1 N–H and O–H groups in total. The first-order chi connectivity index (χ1) is 15.9. The summed E-state index contributed by atoms with van der Waals surface area (Å²) in [7, 11) is 1.56. The van der Waals surface area contributed by atoms with Gasteiger partial charge in [0.2, 0.25) is 0 Å². The van der Waals surface area contributed by atoms with Crippen molar-refractivity contribution in [1.82, 2.24) is 4.98 Å². The highest BCUT2D eigenvalue weighted by Gasteiger charge is 2.11. The van der Waals surface area contributed by atoms with Crippen molar-refractivity contribution in [3.63, 3.8) is 0 Å². The number of hydrogen-bond donors (Lipinski definition) is 1. The molecule has 0 fully saturated rings. The van der Waals surface area contributed by atoms with Crippen LogP contribution in [-0.4, -0.2) is 23.2 Å². The van der Waals surface area contributed by atoms with Crippen LogP contribution in [0.4, 0.5) is 0 Å². The molecule has 4 rings (SSSR count). The third-order valence-electron chi connectivity index (χ3n) is 5.00. The van der Waals surface area contributed by atoms with Crippen molar-refractivity contribution >= 4 is 52.2 Å². The summed E-state index contributed by atoms with van der Waals surface area (Å²) in [5.74, 6) is 0.129. The average Bonchev–Trinajstić information content (AvgIpc) is 2.81. The molecule has 7 heteroatoms. The van der Waals surface area contributed by atoms with Crippen LogP contribution in [0.15, 0.2) is 66.7 Å². The largest absolute Gasteiger partial charge is 0.493 e. The molecule has 166 valence electrons. The fourth-order valence-electron chi connectivity index (χ4n) is 3.34. The Hall–Kier alpha value is -3.54. The number of methoxy groups -OCH3 is 1. The normalized spacial score (nSPS) is 11.1. The van der Waals surface area contributed by atoms with E-state index < -0.39 is 5.97 Å². The van der Waals surface area contributed by atoms with Crippen LogP contribution in [0.2, 0.25) is 10.0 Å². The Morgan fingerprint density at radius 3 is 2.58 bits per heavy atom. The Kier molecular flexibility index (Phi) is 6.82. The molecule has 5 nitrogen and oxygen atoms in total. The van der Waals surface area contributed by atoms with Gasteiger partial charge in [0.15, 0.2) is 11.5 Å². The Morgan fingerprint density at radius 1 is 1.00 bits per heavy atom. The topological polar surface area (TPSA) is 68.7 Å². The Morgan fingerprint density at radius 2 is 1.82 bits per heavy atom. The number of benzene rings is 3. The maximum absolute atomic E-state index is 11.7.